The molecule has 17 heavy (non-hydrogen) atoms. The van der Waals surface area contributed by atoms with Gasteiger partial charge in [0.15, 0.2) is 0 Å². The molecule has 0 saturated carbocycles. The van der Waals surface area contributed by atoms with Gasteiger partial charge >= 0.3 is 0 Å². The number of hydrogen-bond acceptors (Lipinski definition) is 4. The van der Waals surface area contributed by atoms with Crippen LogP contribution < -0.4 is 5.32 Å². The van der Waals surface area contributed by atoms with E-state index in [1.807, 2.05) is 0 Å². The lowest BCUT2D eigenvalue weighted by atomic mass is 10.2. The Bertz CT molecular complexity index is 589. The molecule has 4 nitrogen and oxygen atoms in total. The van der Waals surface area contributed by atoms with Crippen molar-refractivity contribution in [1.29, 1.82) is 0 Å². The lowest BCUT2D eigenvalue weighted by molar-refractivity contribution is -0.111. The second kappa shape index (κ2) is 3.83. The quantitative estimate of drug-likeness (QED) is 0.800. The highest BCUT2D eigenvalue weighted by Gasteiger charge is 2.20. The molecule has 0 spiro atoms. The molecule has 0 saturated heterocycles. The van der Waals surface area contributed by atoms with E-state index in [1.54, 1.807) is 42.9 Å². The molecule has 0 atom stereocenters. The molecule has 1 aliphatic rings. The summed E-state index contributed by atoms with van der Waals surface area (Å²) in [7, 11) is 0. The molecule has 3 heterocycles. The molecule has 1 aliphatic heterocycles. The van der Waals surface area contributed by atoms with Gasteiger partial charge in [-0.15, -0.1) is 0 Å². The van der Waals surface area contributed by atoms with Gasteiger partial charge in [-0.1, -0.05) is 0 Å². The molecular formula is C13H9NO3. The molecule has 0 bridgehead atoms. The number of carbonyl (C=O) groups is 1. The molecular weight excluding hydrogens is 218 g/mol. The maximum Gasteiger partial charge on any atom is 0.204 e. The molecule has 2 aromatic heterocycles. The molecule has 0 unspecified atom stereocenters. The minimum absolute atomic E-state index is 0.0900. The maximum absolute atomic E-state index is 11.7. The van der Waals surface area contributed by atoms with Crippen molar-refractivity contribution < 1.29 is 13.6 Å². The number of rotatable bonds is 2. The van der Waals surface area contributed by atoms with Crippen molar-refractivity contribution in [2.75, 3.05) is 0 Å². The molecule has 1 N–H and O–H groups in total. The number of hydrogen-bond donors (Lipinski definition) is 1. The van der Waals surface area contributed by atoms with Crippen molar-refractivity contribution in [3.8, 4) is 0 Å². The van der Waals surface area contributed by atoms with Crippen molar-refractivity contribution in [3.05, 3.63) is 60.1 Å². The molecule has 0 amide bonds. The van der Waals surface area contributed by atoms with E-state index in [4.69, 9.17) is 8.83 Å². The van der Waals surface area contributed by atoms with Gasteiger partial charge < -0.3 is 14.2 Å². The summed E-state index contributed by atoms with van der Waals surface area (Å²) in [5.41, 5.74) is 1.14. The molecule has 0 aliphatic carbocycles. The minimum Gasteiger partial charge on any atom is -0.465 e. The van der Waals surface area contributed by atoms with Gasteiger partial charge in [0.1, 0.15) is 11.5 Å². The first-order valence-electron chi connectivity index (χ1n) is 5.15. The van der Waals surface area contributed by atoms with Crippen molar-refractivity contribution in [3.63, 3.8) is 0 Å². The summed E-state index contributed by atoms with van der Waals surface area (Å²) in [5.74, 6) is 1.18. The number of carbonyl (C=O) groups excluding carboxylic acids is 1. The highest BCUT2D eigenvalue weighted by molar-refractivity contribution is 6.14. The van der Waals surface area contributed by atoms with Gasteiger partial charge in [-0.3, -0.25) is 4.79 Å². The second-order valence-corrected chi connectivity index (χ2v) is 3.60. The molecule has 3 rings (SSSR count). The summed E-state index contributed by atoms with van der Waals surface area (Å²) in [6, 6.07) is 7.12. The molecule has 2 aromatic rings. The van der Waals surface area contributed by atoms with Crippen LogP contribution in [0, 0.1) is 0 Å². The van der Waals surface area contributed by atoms with Crippen LogP contribution in [-0.2, 0) is 4.79 Å². The third-order valence-corrected chi connectivity index (χ3v) is 2.43. The topological polar surface area (TPSA) is 55.4 Å². The Balaban J connectivity index is 1.87. The summed E-state index contributed by atoms with van der Waals surface area (Å²) in [4.78, 5) is 11.7. The Kier molecular flexibility index (Phi) is 2.19. The van der Waals surface area contributed by atoms with Crippen LogP contribution in [-0.4, -0.2) is 5.78 Å². The first-order valence-corrected chi connectivity index (χ1v) is 5.15. The monoisotopic (exact) mass is 227 g/mol. The predicted octanol–water partition coefficient (Wildman–Crippen LogP) is 2.43. The Labute approximate surface area is 97.2 Å². The number of nitrogens with one attached hydrogen (secondary N) is 1. The largest absolute Gasteiger partial charge is 0.465 e. The van der Waals surface area contributed by atoms with E-state index < -0.39 is 0 Å². The first-order chi connectivity index (χ1) is 8.33. The molecule has 84 valence electrons. The van der Waals surface area contributed by atoms with Crippen LogP contribution >= 0.6 is 0 Å². The van der Waals surface area contributed by atoms with Crippen LogP contribution in [0.2, 0.25) is 0 Å². The fraction of sp³-hybridized carbons (Fsp3) is 0. The van der Waals surface area contributed by atoms with E-state index in [-0.39, 0.29) is 5.78 Å². The molecule has 4 heteroatoms. The third kappa shape index (κ3) is 1.80. The summed E-state index contributed by atoms with van der Waals surface area (Å²) < 4.78 is 10.4. The van der Waals surface area contributed by atoms with Crippen LogP contribution in [0.3, 0.4) is 0 Å². The Morgan fingerprint density at radius 3 is 2.65 bits per heavy atom. The van der Waals surface area contributed by atoms with Gasteiger partial charge in [-0.25, -0.2) is 0 Å². The second-order valence-electron chi connectivity index (χ2n) is 3.60. The number of allylic oxidation sites excluding steroid dienone is 1. The predicted molar refractivity (Wildman–Crippen MR) is 61.5 cm³/mol. The van der Waals surface area contributed by atoms with Crippen molar-refractivity contribution in [2.24, 2.45) is 0 Å². The molecule has 0 aromatic carbocycles. The van der Waals surface area contributed by atoms with Crippen molar-refractivity contribution in [2.45, 2.75) is 0 Å². The van der Waals surface area contributed by atoms with E-state index >= 15 is 0 Å². The smallest absolute Gasteiger partial charge is 0.204 e. The zero-order chi connectivity index (χ0) is 11.7. The summed E-state index contributed by atoms with van der Waals surface area (Å²) in [6.07, 6.45) is 6.30. The zero-order valence-corrected chi connectivity index (χ0v) is 8.84. The number of ketones is 1. The highest BCUT2D eigenvalue weighted by atomic mass is 16.3. The molecule has 0 fully saturated rings. The SMILES string of the molecule is O=C1C=C(c2ccco2)N/C1=C\c1ccco1. The Hall–Kier alpha value is -2.49. The van der Waals surface area contributed by atoms with Crippen LogP contribution in [0.1, 0.15) is 11.5 Å². The van der Waals surface area contributed by atoms with Gasteiger partial charge in [-0.05, 0) is 24.3 Å². The minimum atomic E-state index is -0.0900. The zero-order valence-electron chi connectivity index (χ0n) is 8.84. The van der Waals surface area contributed by atoms with Crippen LogP contribution in [0.15, 0.2) is 57.4 Å². The fourth-order valence-electron chi connectivity index (χ4n) is 1.64. The standard InChI is InChI=1S/C13H9NO3/c15-12-8-11(13-4-2-6-17-13)14-10(12)7-9-3-1-5-16-9/h1-8,14H/b10-7-. The van der Waals surface area contributed by atoms with E-state index in [0.29, 0.717) is 22.9 Å². The normalized spacial score (nSPS) is 17.3. The Morgan fingerprint density at radius 2 is 1.94 bits per heavy atom. The van der Waals surface area contributed by atoms with Gasteiger partial charge in [0, 0.05) is 12.2 Å². The van der Waals surface area contributed by atoms with E-state index in [0.717, 1.165) is 0 Å². The van der Waals surface area contributed by atoms with Crippen molar-refractivity contribution >= 4 is 17.6 Å². The first kappa shape index (κ1) is 9.72. The molecule has 0 radical (unpaired) electrons. The third-order valence-electron chi connectivity index (χ3n) is 2.43. The lowest BCUT2D eigenvalue weighted by Gasteiger charge is -2.00. The van der Waals surface area contributed by atoms with E-state index in [2.05, 4.69) is 5.32 Å². The van der Waals surface area contributed by atoms with Crippen LogP contribution in [0.4, 0.5) is 0 Å². The summed E-state index contributed by atoms with van der Waals surface area (Å²) in [6.45, 7) is 0. The van der Waals surface area contributed by atoms with Gasteiger partial charge in [0.2, 0.25) is 5.78 Å². The maximum atomic E-state index is 11.7. The van der Waals surface area contributed by atoms with Gasteiger partial charge in [0.05, 0.1) is 23.9 Å². The summed E-state index contributed by atoms with van der Waals surface area (Å²) >= 11 is 0. The lowest BCUT2D eigenvalue weighted by Crippen LogP contribution is -2.08. The van der Waals surface area contributed by atoms with E-state index in [1.165, 1.54) is 6.08 Å². The van der Waals surface area contributed by atoms with Crippen molar-refractivity contribution in [1.82, 2.24) is 5.32 Å². The average molecular weight is 227 g/mol. The highest BCUT2D eigenvalue weighted by Crippen LogP contribution is 2.21. The average Bonchev–Trinajstić information content (AvgIpc) is 3.02. The van der Waals surface area contributed by atoms with Gasteiger partial charge in [0.25, 0.3) is 0 Å². The van der Waals surface area contributed by atoms with E-state index in [9.17, 15) is 4.79 Å². The number of furan rings is 2. The van der Waals surface area contributed by atoms with Crippen LogP contribution in [0.5, 0.6) is 0 Å². The fourth-order valence-corrected chi connectivity index (χ4v) is 1.64. The van der Waals surface area contributed by atoms with Gasteiger partial charge in [-0.2, -0.15) is 0 Å². The Morgan fingerprint density at radius 1 is 1.12 bits per heavy atom. The van der Waals surface area contributed by atoms with Crippen LogP contribution in [0.25, 0.3) is 11.8 Å². The summed E-state index contributed by atoms with van der Waals surface area (Å²) in [5, 5.41) is 3.00.